The van der Waals surface area contributed by atoms with E-state index < -0.39 is 33.6 Å². The zero-order valence-electron chi connectivity index (χ0n) is 20.4. The topological polar surface area (TPSA) is 94.0 Å². The molecule has 2 aromatic carbocycles. The Bertz CT molecular complexity index is 1370. The van der Waals surface area contributed by atoms with Gasteiger partial charge in [-0.15, -0.1) is 0 Å². The number of aromatic nitrogens is 1. The molecule has 1 aliphatic rings. The van der Waals surface area contributed by atoms with Gasteiger partial charge in [0, 0.05) is 44.2 Å². The fourth-order valence-electron chi connectivity index (χ4n) is 4.39. The molecule has 1 aliphatic heterocycles. The highest BCUT2D eigenvalue weighted by atomic mass is 32.2. The predicted octanol–water partition coefficient (Wildman–Crippen LogP) is 4.25. The fraction of sp³-hybridized carbons (Fsp3) is 0.346. The number of aliphatic hydroxyl groups excluding tert-OH is 1. The van der Waals surface area contributed by atoms with Gasteiger partial charge in [-0.2, -0.15) is 13.2 Å². The first-order valence-electron chi connectivity index (χ1n) is 11.7. The summed E-state index contributed by atoms with van der Waals surface area (Å²) >= 11 is 0. The summed E-state index contributed by atoms with van der Waals surface area (Å²) in [7, 11) is -3.52. The molecule has 1 saturated heterocycles. The van der Waals surface area contributed by atoms with Crippen LogP contribution in [0.25, 0.3) is 11.1 Å². The molecule has 7 nitrogen and oxygen atoms in total. The number of benzene rings is 2. The summed E-state index contributed by atoms with van der Waals surface area (Å²) in [5.41, 5.74) is 2.09. The van der Waals surface area contributed by atoms with Gasteiger partial charge >= 0.3 is 6.18 Å². The van der Waals surface area contributed by atoms with E-state index in [4.69, 9.17) is 0 Å². The zero-order chi connectivity index (χ0) is 27.0. The molecule has 1 aromatic heterocycles. The molecule has 2 heterocycles. The average Bonchev–Trinajstić information content (AvgIpc) is 2.87. The van der Waals surface area contributed by atoms with Crippen molar-refractivity contribution in [3.05, 3.63) is 71.4 Å². The number of piperazine rings is 1. The average molecular weight is 536 g/mol. The van der Waals surface area contributed by atoms with Crippen molar-refractivity contribution in [2.75, 3.05) is 37.3 Å². The van der Waals surface area contributed by atoms with Crippen LogP contribution in [0.5, 0.6) is 5.75 Å². The summed E-state index contributed by atoms with van der Waals surface area (Å²) in [5, 5.41) is 21.5. The largest absolute Gasteiger partial charge is 0.504 e. The molecule has 0 radical (unpaired) electrons. The lowest BCUT2D eigenvalue weighted by atomic mass is 9.96. The van der Waals surface area contributed by atoms with E-state index in [0.717, 1.165) is 23.8 Å². The number of aryl methyl sites for hydroxylation is 1. The van der Waals surface area contributed by atoms with E-state index in [0.29, 0.717) is 36.5 Å². The molecule has 0 saturated carbocycles. The molecule has 1 unspecified atom stereocenters. The van der Waals surface area contributed by atoms with Gasteiger partial charge in [0.15, 0.2) is 21.4 Å². The van der Waals surface area contributed by atoms with Gasteiger partial charge in [0.2, 0.25) is 0 Å². The second-order valence-corrected chi connectivity index (χ2v) is 11.0. The Kier molecular flexibility index (Phi) is 7.50. The summed E-state index contributed by atoms with van der Waals surface area (Å²) in [6.45, 7) is 3.23. The van der Waals surface area contributed by atoms with Crippen LogP contribution >= 0.6 is 0 Å². The quantitative estimate of drug-likeness (QED) is 0.487. The number of halogens is 3. The van der Waals surface area contributed by atoms with Gasteiger partial charge in [0.05, 0.1) is 10.5 Å². The van der Waals surface area contributed by atoms with Gasteiger partial charge in [-0.1, -0.05) is 37.3 Å². The number of hydrogen-bond acceptors (Lipinski definition) is 7. The van der Waals surface area contributed by atoms with Crippen LogP contribution in [0.1, 0.15) is 29.8 Å². The first-order valence-corrected chi connectivity index (χ1v) is 13.6. The van der Waals surface area contributed by atoms with Crippen molar-refractivity contribution in [3.8, 4) is 16.9 Å². The van der Waals surface area contributed by atoms with Crippen molar-refractivity contribution in [1.82, 2.24) is 9.88 Å². The molecule has 4 rings (SSSR count). The van der Waals surface area contributed by atoms with Gasteiger partial charge < -0.3 is 15.1 Å². The van der Waals surface area contributed by atoms with E-state index in [9.17, 15) is 31.8 Å². The maximum atomic E-state index is 12.9. The molecule has 0 spiro atoms. The van der Waals surface area contributed by atoms with Crippen LogP contribution in [0.2, 0.25) is 0 Å². The normalized spacial score (nSPS) is 16.1. The van der Waals surface area contributed by atoms with Crippen LogP contribution in [0.15, 0.2) is 59.6 Å². The number of rotatable bonds is 6. The maximum absolute atomic E-state index is 12.9. The molecular formula is C26H28F3N3O4S. The molecular weight excluding hydrogens is 507 g/mol. The number of anilines is 1. The van der Waals surface area contributed by atoms with Crippen molar-refractivity contribution in [2.24, 2.45) is 0 Å². The number of aromatic hydroxyl groups is 1. The fourth-order valence-corrected chi connectivity index (χ4v) is 5.04. The Labute approximate surface area is 213 Å². The van der Waals surface area contributed by atoms with Gasteiger partial charge in [0.25, 0.3) is 0 Å². The SMILES string of the molecule is CCc1ccc(-c2ccc(S(C)(=O)=O)cc2C(O)N2CCN(c3ncc(C(F)(F)F)cc3O)CC2)cc1. The van der Waals surface area contributed by atoms with E-state index in [-0.39, 0.29) is 23.8 Å². The molecule has 0 bridgehead atoms. The standard InChI is InChI=1S/C26H28F3N3O4S/c1-3-17-4-6-18(7-5-17)21-9-8-20(37(2,35)36)15-22(21)25(34)32-12-10-31(11-13-32)24-23(33)14-19(16-30-24)26(27,28)29/h4-9,14-16,25,33-34H,3,10-13H2,1-2H3. The Morgan fingerprint density at radius 2 is 1.68 bits per heavy atom. The van der Waals surface area contributed by atoms with Gasteiger partial charge in [0.1, 0.15) is 6.23 Å². The number of alkyl halides is 3. The van der Waals surface area contributed by atoms with Crippen molar-refractivity contribution < 1.29 is 31.8 Å². The smallest absolute Gasteiger partial charge is 0.418 e. The van der Waals surface area contributed by atoms with E-state index in [1.807, 2.05) is 31.2 Å². The second kappa shape index (κ2) is 10.3. The second-order valence-electron chi connectivity index (χ2n) is 9.03. The minimum atomic E-state index is -4.61. The van der Waals surface area contributed by atoms with Crippen LogP contribution in [-0.4, -0.2) is 60.9 Å². The maximum Gasteiger partial charge on any atom is 0.418 e. The highest BCUT2D eigenvalue weighted by molar-refractivity contribution is 7.90. The molecule has 0 amide bonds. The van der Waals surface area contributed by atoms with E-state index in [2.05, 4.69) is 4.98 Å². The number of aliphatic hydroxyl groups is 1. The summed E-state index contributed by atoms with van der Waals surface area (Å²) in [6, 6.07) is 13.2. The number of pyridine rings is 1. The third-order valence-electron chi connectivity index (χ3n) is 6.54. The molecule has 1 atom stereocenters. The zero-order valence-corrected chi connectivity index (χ0v) is 21.2. The van der Waals surface area contributed by atoms with Crippen LogP contribution in [0.3, 0.4) is 0 Å². The molecule has 1 fully saturated rings. The van der Waals surface area contributed by atoms with Gasteiger partial charge in [-0.05, 0) is 41.3 Å². The van der Waals surface area contributed by atoms with Crippen LogP contribution in [0, 0.1) is 0 Å². The molecule has 3 aromatic rings. The van der Waals surface area contributed by atoms with Crippen molar-refractivity contribution in [3.63, 3.8) is 0 Å². The van der Waals surface area contributed by atoms with E-state index in [1.54, 1.807) is 15.9 Å². The Hall–Kier alpha value is -3.15. The number of nitrogens with zero attached hydrogens (tertiary/aromatic N) is 3. The molecule has 0 aliphatic carbocycles. The predicted molar refractivity (Wildman–Crippen MR) is 134 cm³/mol. The number of hydrogen-bond donors (Lipinski definition) is 2. The highest BCUT2D eigenvalue weighted by Gasteiger charge is 2.33. The molecule has 198 valence electrons. The van der Waals surface area contributed by atoms with Gasteiger partial charge in [-0.3, -0.25) is 4.90 Å². The van der Waals surface area contributed by atoms with Gasteiger partial charge in [-0.25, -0.2) is 13.4 Å². The highest BCUT2D eigenvalue weighted by Crippen LogP contribution is 2.36. The summed E-state index contributed by atoms with van der Waals surface area (Å²) in [5.74, 6) is -0.527. The Balaban J connectivity index is 1.58. The summed E-state index contributed by atoms with van der Waals surface area (Å²) in [6.07, 6.45) is -3.07. The van der Waals surface area contributed by atoms with Crippen molar-refractivity contribution in [1.29, 1.82) is 0 Å². The van der Waals surface area contributed by atoms with Crippen molar-refractivity contribution >= 4 is 15.7 Å². The molecule has 2 N–H and O–H groups in total. The van der Waals surface area contributed by atoms with Crippen LogP contribution in [0.4, 0.5) is 19.0 Å². The lowest BCUT2D eigenvalue weighted by molar-refractivity contribution is -0.137. The summed E-state index contributed by atoms with van der Waals surface area (Å²) < 4.78 is 63.2. The first kappa shape index (κ1) is 26.9. The molecule has 37 heavy (non-hydrogen) atoms. The van der Waals surface area contributed by atoms with Crippen molar-refractivity contribution in [2.45, 2.75) is 30.6 Å². The Morgan fingerprint density at radius 3 is 2.22 bits per heavy atom. The van der Waals surface area contributed by atoms with E-state index >= 15 is 0 Å². The minimum absolute atomic E-state index is 0.0397. The lowest BCUT2D eigenvalue weighted by Gasteiger charge is -2.38. The lowest BCUT2D eigenvalue weighted by Crippen LogP contribution is -2.48. The number of sulfone groups is 1. The van der Waals surface area contributed by atoms with E-state index in [1.165, 1.54) is 12.1 Å². The third-order valence-corrected chi connectivity index (χ3v) is 7.65. The van der Waals surface area contributed by atoms with Crippen LogP contribution in [-0.2, 0) is 22.4 Å². The summed E-state index contributed by atoms with van der Waals surface area (Å²) in [4.78, 5) is 7.30. The third kappa shape index (κ3) is 5.89. The monoisotopic (exact) mass is 535 g/mol. The Morgan fingerprint density at radius 1 is 1.03 bits per heavy atom. The first-order chi connectivity index (χ1) is 17.4. The molecule has 11 heteroatoms. The van der Waals surface area contributed by atoms with Crippen LogP contribution < -0.4 is 4.90 Å². The minimum Gasteiger partial charge on any atom is -0.504 e.